The van der Waals surface area contributed by atoms with Crippen LogP contribution in [-0.2, 0) is 10.0 Å². The number of fused-ring (bicyclic) bond motifs is 1. The molecule has 0 aliphatic carbocycles. The lowest BCUT2D eigenvalue weighted by Gasteiger charge is -2.47. The number of hydrogen-bond acceptors (Lipinski definition) is 6. The third-order valence-electron chi connectivity index (χ3n) is 10.4. The van der Waals surface area contributed by atoms with Crippen molar-refractivity contribution in [2.24, 2.45) is 5.41 Å². The Balaban J connectivity index is 1.13. The lowest BCUT2D eigenvalue weighted by atomic mass is 9.71. The fourth-order valence-electron chi connectivity index (χ4n) is 7.26. The highest BCUT2D eigenvalue weighted by Gasteiger charge is 2.40. The van der Waals surface area contributed by atoms with Crippen LogP contribution in [-0.4, -0.2) is 84.6 Å². The molecule has 1 unspecified atom stereocenters. The minimum atomic E-state index is -3.89. The number of methoxy groups -OCH3 is 1. The maximum Gasteiger partial charge on any atom is 0.256 e. The normalized spacial score (nSPS) is 17.1. The molecule has 0 radical (unpaired) electrons. The zero-order valence-corrected chi connectivity index (χ0v) is 29.9. The number of aromatic amines is 1. The maximum absolute atomic E-state index is 13.9. The van der Waals surface area contributed by atoms with Crippen LogP contribution in [0.3, 0.4) is 0 Å². The molecule has 260 valence electrons. The molecule has 0 bridgehead atoms. The second-order valence-corrected chi connectivity index (χ2v) is 15.7. The highest BCUT2D eigenvalue weighted by molar-refractivity contribution is 7.89. The van der Waals surface area contributed by atoms with Gasteiger partial charge in [0.05, 0.1) is 45.2 Å². The number of amides is 2. The van der Waals surface area contributed by atoms with E-state index in [-0.39, 0.29) is 27.1 Å². The number of carbonyl (C=O) groups is 2. The van der Waals surface area contributed by atoms with Crippen molar-refractivity contribution in [2.45, 2.75) is 57.4 Å². The SMILES string of the molecule is COc1cc(C)c(S(=O)(=O)N(C)C(C)c2nc3cccc(C(=O)N4CCC5(CCN(C(=O)c6ccc(F)cc6Cl)CC5)CC4)c3[nH]2)c(C)c1. The molecule has 10 nitrogen and oxygen atoms in total. The molecule has 2 saturated heterocycles. The molecule has 2 aliphatic rings. The van der Waals surface area contributed by atoms with Crippen LogP contribution in [0.1, 0.15) is 76.3 Å². The molecule has 1 atom stereocenters. The van der Waals surface area contributed by atoms with Gasteiger partial charge in [0.2, 0.25) is 10.0 Å². The summed E-state index contributed by atoms with van der Waals surface area (Å²) in [6.07, 6.45) is 3.30. The van der Waals surface area contributed by atoms with Crippen molar-refractivity contribution >= 4 is 44.5 Å². The van der Waals surface area contributed by atoms with E-state index < -0.39 is 21.9 Å². The number of hydrogen-bond donors (Lipinski definition) is 1. The summed E-state index contributed by atoms with van der Waals surface area (Å²) in [5.41, 5.74) is 3.17. The number of H-pyrrole nitrogens is 1. The Kier molecular flexibility index (Phi) is 9.51. The Morgan fingerprint density at radius 3 is 2.08 bits per heavy atom. The molecule has 3 aromatic carbocycles. The predicted molar refractivity (Wildman–Crippen MR) is 186 cm³/mol. The monoisotopic (exact) mass is 709 g/mol. The summed E-state index contributed by atoms with van der Waals surface area (Å²) in [4.78, 5) is 38.8. The summed E-state index contributed by atoms with van der Waals surface area (Å²) < 4.78 is 47.7. The Hall–Kier alpha value is -4.00. The summed E-state index contributed by atoms with van der Waals surface area (Å²) >= 11 is 6.15. The molecule has 2 fully saturated rings. The molecular formula is C36H41ClFN5O5S. The van der Waals surface area contributed by atoms with E-state index in [1.54, 1.807) is 57.0 Å². The van der Waals surface area contributed by atoms with E-state index >= 15 is 0 Å². The Morgan fingerprint density at radius 1 is 0.959 bits per heavy atom. The standard InChI is InChI=1S/C36H41ClFN5O5S/c1-22-19-26(48-5)20-23(2)32(22)49(46,47)41(4)24(3)33-39-30-8-6-7-28(31(30)40-33)35(45)43-17-13-36(14-18-43)11-15-42(16-12-36)34(44)27-10-9-25(38)21-29(27)37/h6-10,19-21,24H,11-18H2,1-5H3,(H,39,40). The van der Waals surface area contributed by atoms with E-state index in [1.807, 2.05) is 11.0 Å². The van der Waals surface area contributed by atoms with Gasteiger partial charge in [0.1, 0.15) is 17.4 Å². The van der Waals surface area contributed by atoms with Crippen LogP contribution >= 0.6 is 11.6 Å². The Labute approximate surface area is 291 Å². The molecule has 1 aromatic heterocycles. The molecule has 4 aromatic rings. The van der Waals surface area contributed by atoms with Crippen LogP contribution in [0, 0.1) is 25.1 Å². The van der Waals surface area contributed by atoms with E-state index in [0.29, 0.717) is 71.0 Å². The van der Waals surface area contributed by atoms with E-state index in [2.05, 4.69) is 4.98 Å². The first-order valence-electron chi connectivity index (χ1n) is 16.4. The summed E-state index contributed by atoms with van der Waals surface area (Å²) in [6.45, 7) is 7.60. The number of nitrogens with one attached hydrogen (secondary N) is 1. The molecule has 3 heterocycles. The van der Waals surface area contributed by atoms with Crippen LogP contribution in [0.4, 0.5) is 4.39 Å². The molecule has 13 heteroatoms. The lowest BCUT2D eigenvalue weighted by molar-refractivity contribution is 0.0281. The van der Waals surface area contributed by atoms with E-state index in [0.717, 1.165) is 31.7 Å². The number of aromatic nitrogens is 2. The number of imidazole rings is 1. The minimum absolute atomic E-state index is 0.0411. The number of halogens is 2. The number of rotatable bonds is 7. The van der Waals surface area contributed by atoms with Crippen LogP contribution < -0.4 is 4.74 Å². The molecule has 2 amide bonds. The third kappa shape index (κ3) is 6.53. The highest BCUT2D eigenvalue weighted by Crippen LogP contribution is 2.42. The number of para-hydroxylation sites is 1. The Morgan fingerprint density at radius 2 is 1.53 bits per heavy atom. The molecule has 1 spiro atoms. The average molecular weight is 710 g/mol. The van der Waals surface area contributed by atoms with E-state index in [4.69, 9.17) is 21.3 Å². The van der Waals surface area contributed by atoms with Crippen molar-refractivity contribution in [3.8, 4) is 5.75 Å². The molecule has 2 aliphatic heterocycles. The van der Waals surface area contributed by atoms with Crippen molar-refractivity contribution in [2.75, 3.05) is 40.3 Å². The second kappa shape index (κ2) is 13.4. The first-order valence-corrected chi connectivity index (χ1v) is 18.2. The molecule has 49 heavy (non-hydrogen) atoms. The molecule has 0 saturated carbocycles. The first kappa shape index (κ1) is 34.8. The number of benzene rings is 3. The summed E-state index contributed by atoms with van der Waals surface area (Å²) in [5, 5.41) is 0.113. The van der Waals surface area contributed by atoms with E-state index in [9.17, 15) is 22.4 Å². The predicted octanol–water partition coefficient (Wildman–Crippen LogP) is 6.52. The largest absolute Gasteiger partial charge is 0.497 e. The first-order chi connectivity index (χ1) is 23.2. The van der Waals surface area contributed by atoms with Crippen molar-refractivity contribution in [3.63, 3.8) is 0 Å². The van der Waals surface area contributed by atoms with Gasteiger partial charge in [-0.2, -0.15) is 4.31 Å². The number of aryl methyl sites for hydroxylation is 2. The number of nitrogens with zero attached hydrogens (tertiary/aromatic N) is 4. The topological polar surface area (TPSA) is 116 Å². The molecule has 6 rings (SSSR count). The van der Waals surface area contributed by atoms with Gasteiger partial charge >= 0.3 is 0 Å². The second-order valence-electron chi connectivity index (χ2n) is 13.3. The highest BCUT2D eigenvalue weighted by atomic mass is 35.5. The van der Waals surface area contributed by atoms with Gasteiger partial charge in [-0.25, -0.2) is 17.8 Å². The zero-order chi connectivity index (χ0) is 35.2. The summed E-state index contributed by atoms with van der Waals surface area (Å²) in [6, 6.07) is 12.0. The van der Waals surface area contributed by atoms with Crippen molar-refractivity contribution < 1.29 is 27.1 Å². The fourth-order valence-corrected chi connectivity index (χ4v) is 9.24. The smallest absolute Gasteiger partial charge is 0.256 e. The maximum atomic E-state index is 13.9. The zero-order valence-electron chi connectivity index (χ0n) is 28.3. The van der Waals surface area contributed by atoms with Gasteiger partial charge in [-0.1, -0.05) is 17.7 Å². The van der Waals surface area contributed by atoms with Gasteiger partial charge in [0.25, 0.3) is 11.8 Å². The van der Waals surface area contributed by atoms with Gasteiger partial charge in [0.15, 0.2) is 0 Å². The van der Waals surface area contributed by atoms with Crippen molar-refractivity contribution in [1.82, 2.24) is 24.1 Å². The summed E-state index contributed by atoms with van der Waals surface area (Å²) in [7, 11) is -0.815. The number of sulfonamides is 1. The van der Waals surface area contributed by atoms with Gasteiger partial charge in [-0.3, -0.25) is 9.59 Å². The van der Waals surface area contributed by atoms with Gasteiger partial charge in [0, 0.05) is 33.2 Å². The lowest BCUT2D eigenvalue weighted by Crippen LogP contribution is -2.49. The molecular weight excluding hydrogens is 669 g/mol. The fraction of sp³-hybridized carbons (Fsp3) is 0.417. The van der Waals surface area contributed by atoms with Crippen LogP contribution in [0.15, 0.2) is 53.4 Å². The van der Waals surface area contributed by atoms with Crippen molar-refractivity contribution in [3.05, 3.63) is 87.4 Å². The average Bonchev–Trinajstić information content (AvgIpc) is 3.52. The molecule has 1 N–H and O–H groups in total. The van der Waals surface area contributed by atoms with E-state index in [1.165, 1.54) is 23.5 Å². The third-order valence-corrected chi connectivity index (χ3v) is 12.9. The van der Waals surface area contributed by atoms with Gasteiger partial charge < -0.3 is 19.5 Å². The van der Waals surface area contributed by atoms with Crippen LogP contribution in [0.25, 0.3) is 11.0 Å². The number of carbonyl (C=O) groups excluding carboxylic acids is 2. The number of ether oxygens (including phenoxy) is 1. The number of likely N-dealkylation sites (tertiary alicyclic amines) is 2. The van der Waals surface area contributed by atoms with Gasteiger partial charge in [-0.15, -0.1) is 0 Å². The minimum Gasteiger partial charge on any atom is -0.497 e. The van der Waals surface area contributed by atoms with Crippen molar-refractivity contribution in [1.29, 1.82) is 0 Å². The number of piperidine rings is 2. The quantitative estimate of drug-likeness (QED) is 0.234. The Bertz CT molecular complexity index is 2010. The van der Waals surface area contributed by atoms with Crippen LogP contribution in [0.2, 0.25) is 5.02 Å². The van der Waals surface area contributed by atoms with Gasteiger partial charge in [-0.05, 0) is 105 Å². The van der Waals surface area contributed by atoms with Crippen LogP contribution in [0.5, 0.6) is 5.75 Å². The summed E-state index contributed by atoms with van der Waals surface area (Å²) in [5.74, 6) is 0.254.